The molecule has 0 bridgehead atoms. The predicted octanol–water partition coefficient (Wildman–Crippen LogP) is 3.73. The summed E-state index contributed by atoms with van der Waals surface area (Å²) in [5.41, 5.74) is 9.35. The number of para-hydroxylation sites is 1. The number of carbonyl (C=O) groups excluding carboxylic acids is 2. The molecule has 0 saturated heterocycles. The van der Waals surface area contributed by atoms with E-state index in [1.165, 1.54) is 0 Å². The number of benzene rings is 2. The van der Waals surface area contributed by atoms with E-state index in [9.17, 15) is 9.59 Å². The number of nitrogens with one attached hydrogen (secondary N) is 3. The summed E-state index contributed by atoms with van der Waals surface area (Å²) in [7, 11) is 0. The summed E-state index contributed by atoms with van der Waals surface area (Å²) in [6.07, 6.45) is 2.53. The fraction of sp³-hybridized carbons (Fsp3) is 0.429. The van der Waals surface area contributed by atoms with Gasteiger partial charge >= 0.3 is 5.97 Å². The first-order chi connectivity index (χ1) is 16.8. The van der Waals surface area contributed by atoms with Crippen molar-refractivity contribution >= 4 is 22.8 Å². The minimum Gasteiger partial charge on any atom is -0.458 e. The summed E-state index contributed by atoms with van der Waals surface area (Å²) in [4.78, 5) is 30.0. The minimum atomic E-state index is -0.713. The second-order valence-corrected chi connectivity index (χ2v) is 10.2. The van der Waals surface area contributed by atoms with Crippen molar-refractivity contribution in [3.63, 3.8) is 0 Å². The van der Waals surface area contributed by atoms with Crippen molar-refractivity contribution in [1.29, 1.82) is 0 Å². The van der Waals surface area contributed by atoms with Gasteiger partial charge in [-0.05, 0) is 70.2 Å². The molecule has 1 amide bonds. The number of rotatable bonds is 8. The standard InChI is InChI=1S/C28H36N4O3/c1-28(2,3)35-27(34)22(15-9-10-16-29)32-26(33)23-17-20-19-13-7-8-14-21(19)30-25(20)24(31-23)18-11-5-4-6-12-18/h4-8,11-14,22-24,30-31H,9-10,15-17,29H2,1-3H3,(H,32,33). The summed E-state index contributed by atoms with van der Waals surface area (Å²) in [6.45, 7) is 6.03. The third-order valence-electron chi connectivity index (χ3n) is 6.32. The first-order valence-electron chi connectivity index (χ1n) is 12.4. The van der Waals surface area contributed by atoms with Gasteiger partial charge in [-0.15, -0.1) is 0 Å². The molecule has 0 aliphatic carbocycles. The quantitative estimate of drug-likeness (QED) is 0.293. The largest absolute Gasteiger partial charge is 0.458 e. The number of H-pyrrole nitrogens is 1. The monoisotopic (exact) mass is 476 g/mol. The topological polar surface area (TPSA) is 109 Å². The van der Waals surface area contributed by atoms with E-state index in [2.05, 4.69) is 39.9 Å². The first kappa shape index (κ1) is 24.9. The van der Waals surface area contributed by atoms with E-state index >= 15 is 0 Å². The molecule has 4 rings (SSSR count). The highest BCUT2D eigenvalue weighted by atomic mass is 16.6. The van der Waals surface area contributed by atoms with Gasteiger partial charge in [-0.1, -0.05) is 48.5 Å². The molecule has 0 saturated carbocycles. The lowest BCUT2D eigenvalue weighted by atomic mass is 9.90. The third-order valence-corrected chi connectivity index (χ3v) is 6.32. The van der Waals surface area contributed by atoms with Crippen LogP contribution >= 0.6 is 0 Å². The molecule has 0 spiro atoms. The molecule has 186 valence electrons. The van der Waals surface area contributed by atoms with Crippen LogP contribution in [0.2, 0.25) is 0 Å². The van der Waals surface area contributed by atoms with Crippen molar-refractivity contribution in [2.24, 2.45) is 5.73 Å². The van der Waals surface area contributed by atoms with Crippen LogP contribution in [0.5, 0.6) is 0 Å². The van der Waals surface area contributed by atoms with Gasteiger partial charge in [0.2, 0.25) is 5.91 Å². The highest BCUT2D eigenvalue weighted by molar-refractivity contribution is 5.90. The number of esters is 1. The molecule has 0 radical (unpaired) electrons. The van der Waals surface area contributed by atoms with Crippen LogP contribution in [0, 0.1) is 0 Å². The molecular formula is C28H36N4O3. The number of ether oxygens (including phenoxy) is 1. The fourth-order valence-electron chi connectivity index (χ4n) is 4.70. The fourth-order valence-corrected chi connectivity index (χ4v) is 4.70. The van der Waals surface area contributed by atoms with Crippen LogP contribution in [-0.2, 0) is 20.7 Å². The zero-order valence-corrected chi connectivity index (χ0v) is 20.8. The van der Waals surface area contributed by atoms with Gasteiger partial charge in [0.1, 0.15) is 11.6 Å². The molecule has 3 atom stereocenters. The van der Waals surface area contributed by atoms with Crippen LogP contribution in [0.15, 0.2) is 54.6 Å². The normalized spacial score (nSPS) is 18.6. The zero-order valence-electron chi connectivity index (χ0n) is 20.8. The molecule has 1 aliphatic rings. The molecule has 0 fully saturated rings. The summed E-state index contributed by atoms with van der Waals surface area (Å²) < 4.78 is 5.60. The average Bonchev–Trinajstić information content (AvgIpc) is 3.21. The Labute approximate surface area is 206 Å². The van der Waals surface area contributed by atoms with E-state index < -0.39 is 23.7 Å². The summed E-state index contributed by atoms with van der Waals surface area (Å²) in [6, 6.07) is 16.9. The van der Waals surface area contributed by atoms with Crippen LogP contribution in [0.1, 0.15) is 62.9 Å². The molecular weight excluding hydrogens is 440 g/mol. The van der Waals surface area contributed by atoms with Gasteiger partial charge < -0.3 is 20.8 Å². The Morgan fingerprint density at radius 2 is 1.80 bits per heavy atom. The maximum absolute atomic E-state index is 13.5. The van der Waals surface area contributed by atoms with E-state index in [0.29, 0.717) is 19.4 Å². The number of hydrogen-bond donors (Lipinski definition) is 4. The van der Waals surface area contributed by atoms with Gasteiger partial charge in [-0.25, -0.2) is 4.79 Å². The second-order valence-electron chi connectivity index (χ2n) is 10.2. The Hall–Kier alpha value is -3.16. The van der Waals surface area contributed by atoms with Crippen LogP contribution < -0.4 is 16.4 Å². The number of amides is 1. The Kier molecular flexibility index (Phi) is 7.57. The molecule has 7 nitrogen and oxygen atoms in total. The number of aromatic nitrogens is 1. The molecule has 1 aromatic heterocycles. The lowest BCUT2D eigenvalue weighted by Gasteiger charge is -2.32. The number of nitrogens with two attached hydrogens (primary N) is 1. The number of carbonyl (C=O) groups is 2. The second kappa shape index (κ2) is 10.6. The lowest BCUT2D eigenvalue weighted by molar-refractivity contribution is -0.159. The van der Waals surface area contributed by atoms with Crippen molar-refractivity contribution in [3.05, 3.63) is 71.4 Å². The lowest BCUT2D eigenvalue weighted by Crippen LogP contribution is -2.54. The zero-order chi connectivity index (χ0) is 25.0. The average molecular weight is 477 g/mol. The van der Waals surface area contributed by atoms with Crippen molar-refractivity contribution in [1.82, 2.24) is 15.6 Å². The van der Waals surface area contributed by atoms with Crippen molar-refractivity contribution < 1.29 is 14.3 Å². The van der Waals surface area contributed by atoms with E-state index in [1.54, 1.807) is 0 Å². The van der Waals surface area contributed by atoms with Crippen LogP contribution in [0.3, 0.4) is 0 Å². The highest BCUT2D eigenvalue weighted by Gasteiger charge is 2.36. The smallest absolute Gasteiger partial charge is 0.329 e. The number of fused-ring (bicyclic) bond motifs is 3. The van der Waals surface area contributed by atoms with Gasteiger partial charge in [0.05, 0.1) is 12.1 Å². The Bertz CT molecular complexity index is 1170. The minimum absolute atomic E-state index is 0.166. The first-order valence-corrected chi connectivity index (χ1v) is 12.4. The molecule has 3 aromatic rings. The Morgan fingerprint density at radius 1 is 1.09 bits per heavy atom. The number of hydrogen-bond acceptors (Lipinski definition) is 5. The molecule has 1 aliphatic heterocycles. The van der Waals surface area contributed by atoms with Gasteiger partial charge in [-0.2, -0.15) is 0 Å². The van der Waals surface area contributed by atoms with E-state index in [1.807, 2.05) is 51.1 Å². The van der Waals surface area contributed by atoms with E-state index in [-0.39, 0.29) is 11.9 Å². The van der Waals surface area contributed by atoms with Crippen molar-refractivity contribution in [3.8, 4) is 0 Å². The van der Waals surface area contributed by atoms with Crippen LogP contribution in [0.4, 0.5) is 0 Å². The molecule has 5 N–H and O–H groups in total. The maximum atomic E-state index is 13.5. The molecule has 3 unspecified atom stereocenters. The van der Waals surface area contributed by atoms with Gasteiger partial charge in [0.25, 0.3) is 0 Å². The Balaban J connectivity index is 1.60. The van der Waals surface area contributed by atoms with Gasteiger partial charge in [-0.3, -0.25) is 10.1 Å². The number of unbranched alkanes of at least 4 members (excludes halogenated alkanes) is 1. The summed E-state index contributed by atoms with van der Waals surface area (Å²) in [5.74, 6) is -0.614. The Morgan fingerprint density at radius 3 is 2.51 bits per heavy atom. The van der Waals surface area contributed by atoms with Gasteiger partial charge in [0, 0.05) is 16.6 Å². The molecule has 7 heteroatoms. The molecule has 2 heterocycles. The van der Waals surface area contributed by atoms with Crippen molar-refractivity contribution in [2.75, 3.05) is 6.54 Å². The maximum Gasteiger partial charge on any atom is 0.329 e. The highest BCUT2D eigenvalue weighted by Crippen LogP contribution is 2.35. The third kappa shape index (κ3) is 5.92. The van der Waals surface area contributed by atoms with Gasteiger partial charge in [0.15, 0.2) is 0 Å². The molecule has 2 aromatic carbocycles. The van der Waals surface area contributed by atoms with E-state index in [0.717, 1.165) is 40.6 Å². The van der Waals surface area contributed by atoms with Crippen LogP contribution in [0.25, 0.3) is 10.9 Å². The summed E-state index contributed by atoms with van der Waals surface area (Å²) in [5, 5.41) is 7.63. The van der Waals surface area contributed by atoms with Crippen LogP contribution in [-0.4, -0.2) is 41.1 Å². The SMILES string of the molecule is CC(C)(C)OC(=O)C(CCCCN)NC(=O)C1Cc2c([nH]c3ccccc23)C(c2ccccc2)N1. The number of aromatic amines is 1. The van der Waals surface area contributed by atoms with Crippen molar-refractivity contribution in [2.45, 2.75) is 70.2 Å². The predicted molar refractivity (Wildman–Crippen MR) is 138 cm³/mol. The molecule has 35 heavy (non-hydrogen) atoms. The summed E-state index contributed by atoms with van der Waals surface area (Å²) >= 11 is 0. The van der Waals surface area contributed by atoms with E-state index in [4.69, 9.17) is 10.5 Å².